The average Bonchev–Trinajstić information content (AvgIpc) is 3.17. The van der Waals surface area contributed by atoms with Gasteiger partial charge in [0.15, 0.2) is 0 Å². The van der Waals surface area contributed by atoms with Crippen molar-refractivity contribution in [3.8, 4) is 11.1 Å². The Hall–Kier alpha value is -3.58. The fourth-order valence-corrected chi connectivity index (χ4v) is 4.75. The zero-order valence-electron chi connectivity index (χ0n) is 17.7. The van der Waals surface area contributed by atoms with Crippen LogP contribution in [0.25, 0.3) is 17.2 Å². The quantitative estimate of drug-likeness (QED) is 0.464. The second kappa shape index (κ2) is 9.06. The highest BCUT2D eigenvalue weighted by Crippen LogP contribution is 2.40. The van der Waals surface area contributed by atoms with Gasteiger partial charge < -0.3 is 5.32 Å². The van der Waals surface area contributed by atoms with Crippen molar-refractivity contribution in [3.05, 3.63) is 137 Å². The van der Waals surface area contributed by atoms with Gasteiger partial charge in [-0.3, -0.25) is 0 Å². The molecule has 1 nitrogen and oxygen atoms in total. The van der Waals surface area contributed by atoms with Gasteiger partial charge in [-0.25, -0.2) is 0 Å². The van der Waals surface area contributed by atoms with Crippen molar-refractivity contribution >= 4 is 6.08 Å². The Morgan fingerprint density at radius 1 is 0.645 bits per heavy atom. The van der Waals surface area contributed by atoms with Crippen LogP contribution in [0.3, 0.4) is 0 Å². The zero-order chi connectivity index (χ0) is 20.9. The fraction of sp³-hybridized carbons (Fsp3) is 0.133. The molecule has 1 aliphatic heterocycles. The lowest BCUT2D eigenvalue weighted by atomic mass is 9.76. The third-order valence-electron chi connectivity index (χ3n) is 6.30. The summed E-state index contributed by atoms with van der Waals surface area (Å²) in [6, 6.07) is 24.4. The van der Waals surface area contributed by atoms with Gasteiger partial charge >= 0.3 is 0 Å². The predicted molar refractivity (Wildman–Crippen MR) is 132 cm³/mol. The monoisotopic (exact) mass is 401 g/mol. The Morgan fingerprint density at radius 2 is 1.42 bits per heavy atom. The number of rotatable bonds is 1. The van der Waals surface area contributed by atoms with Gasteiger partial charge in [-0.2, -0.15) is 0 Å². The van der Waals surface area contributed by atoms with Crippen LogP contribution in [0.5, 0.6) is 0 Å². The highest BCUT2D eigenvalue weighted by molar-refractivity contribution is 5.77. The van der Waals surface area contributed by atoms with E-state index in [1.54, 1.807) is 11.1 Å². The summed E-state index contributed by atoms with van der Waals surface area (Å²) in [6.07, 6.45) is 19.7. The highest BCUT2D eigenvalue weighted by Gasteiger charge is 2.23. The van der Waals surface area contributed by atoms with Crippen LogP contribution >= 0.6 is 0 Å². The second-order valence-corrected chi connectivity index (χ2v) is 8.17. The molecule has 3 aliphatic rings. The Balaban J connectivity index is 0.000000250. The number of aryl methyl sites for hydroxylation is 1. The molecular weight excluding hydrogens is 374 g/mol. The average molecular weight is 402 g/mol. The molecule has 0 aromatic heterocycles. The van der Waals surface area contributed by atoms with Crippen LogP contribution in [0.2, 0.25) is 0 Å². The molecule has 6 rings (SSSR count). The lowest BCUT2D eigenvalue weighted by molar-refractivity contribution is 0.803. The molecule has 2 aliphatic carbocycles. The largest absolute Gasteiger partial charge is 0.368 e. The number of hydrogen-bond acceptors (Lipinski definition) is 1. The summed E-state index contributed by atoms with van der Waals surface area (Å²) < 4.78 is 0. The van der Waals surface area contributed by atoms with Gasteiger partial charge in [-0.05, 0) is 70.4 Å². The Labute approximate surface area is 185 Å². The van der Waals surface area contributed by atoms with E-state index in [2.05, 4.69) is 84.2 Å². The van der Waals surface area contributed by atoms with Crippen LogP contribution in [0, 0.1) is 0 Å². The summed E-state index contributed by atoms with van der Waals surface area (Å²) in [5, 5.41) is 2.92. The first-order valence-electron chi connectivity index (χ1n) is 11.1. The van der Waals surface area contributed by atoms with E-state index in [4.69, 9.17) is 0 Å². The first kappa shape index (κ1) is 19.4. The number of fused-ring (bicyclic) bond motifs is 5. The summed E-state index contributed by atoms with van der Waals surface area (Å²) in [6.45, 7) is 0. The standard InChI is InChI=1S/C24H20.C6H7N/c1-2-6-17(7-3-1)20-11-10-19-13-14-22-21-9-5-4-8-18(21)12-15-23(22)24(19)16-20;1-2-4-6-7-5-3-1/h1-11,13-14,20H,12,15-16H2;1-7H. The molecular formula is C30H27N. The lowest BCUT2D eigenvalue weighted by Crippen LogP contribution is -2.13. The third kappa shape index (κ3) is 4.18. The second-order valence-electron chi connectivity index (χ2n) is 8.17. The van der Waals surface area contributed by atoms with Gasteiger partial charge in [0.05, 0.1) is 0 Å². The van der Waals surface area contributed by atoms with Crippen molar-refractivity contribution in [1.82, 2.24) is 5.32 Å². The minimum atomic E-state index is 0.502. The van der Waals surface area contributed by atoms with Gasteiger partial charge in [-0.15, -0.1) is 0 Å². The molecule has 0 fully saturated rings. The maximum atomic E-state index is 2.92. The summed E-state index contributed by atoms with van der Waals surface area (Å²) >= 11 is 0. The van der Waals surface area contributed by atoms with Crippen LogP contribution in [0.15, 0.2) is 110 Å². The van der Waals surface area contributed by atoms with E-state index >= 15 is 0 Å². The van der Waals surface area contributed by atoms with E-state index < -0.39 is 0 Å². The van der Waals surface area contributed by atoms with Crippen LogP contribution in [-0.4, -0.2) is 0 Å². The van der Waals surface area contributed by atoms with Gasteiger partial charge in [0.2, 0.25) is 0 Å². The van der Waals surface area contributed by atoms with Gasteiger partial charge in [-0.1, -0.05) is 91.0 Å². The van der Waals surface area contributed by atoms with Crippen molar-refractivity contribution in [2.75, 3.05) is 0 Å². The first-order valence-corrected chi connectivity index (χ1v) is 11.1. The van der Waals surface area contributed by atoms with Crippen LogP contribution in [0.4, 0.5) is 0 Å². The van der Waals surface area contributed by atoms with Crippen molar-refractivity contribution < 1.29 is 0 Å². The summed E-state index contributed by atoms with van der Waals surface area (Å²) in [5.74, 6) is 0.502. The molecule has 1 heteroatoms. The molecule has 3 aromatic carbocycles. The van der Waals surface area contributed by atoms with E-state index in [0.717, 1.165) is 6.42 Å². The lowest BCUT2D eigenvalue weighted by Gasteiger charge is -2.28. The third-order valence-corrected chi connectivity index (χ3v) is 6.30. The summed E-state index contributed by atoms with van der Waals surface area (Å²) in [4.78, 5) is 0. The Morgan fingerprint density at radius 3 is 2.26 bits per heavy atom. The fourth-order valence-electron chi connectivity index (χ4n) is 4.75. The molecule has 0 spiro atoms. The number of nitrogens with one attached hydrogen (secondary N) is 1. The Bertz CT molecular complexity index is 1160. The van der Waals surface area contributed by atoms with Crippen LogP contribution in [-0.2, 0) is 19.3 Å². The number of benzene rings is 3. The molecule has 1 unspecified atom stereocenters. The SMILES string of the molecule is C1=CC(c2ccccc2)Cc2c1ccc1c2CCc2ccccc2-1.C1=CC=CNC=C1. The molecule has 152 valence electrons. The zero-order valence-corrected chi connectivity index (χ0v) is 17.7. The maximum Gasteiger partial charge on any atom is 0.00620 e. The molecule has 0 saturated carbocycles. The molecule has 3 aromatic rings. The number of hydrogen-bond donors (Lipinski definition) is 1. The van der Waals surface area contributed by atoms with Crippen LogP contribution < -0.4 is 5.32 Å². The van der Waals surface area contributed by atoms with E-state index in [1.165, 1.54) is 40.7 Å². The van der Waals surface area contributed by atoms with Gasteiger partial charge in [0.25, 0.3) is 0 Å². The molecule has 31 heavy (non-hydrogen) atoms. The summed E-state index contributed by atoms with van der Waals surface area (Å²) in [5.41, 5.74) is 10.4. The van der Waals surface area contributed by atoms with E-state index in [9.17, 15) is 0 Å². The molecule has 1 atom stereocenters. The topological polar surface area (TPSA) is 12.0 Å². The van der Waals surface area contributed by atoms with Gasteiger partial charge in [0, 0.05) is 18.3 Å². The Kier molecular flexibility index (Phi) is 5.66. The number of allylic oxidation sites excluding steroid dienone is 5. The smallest absolute Gasteiger partial charge is 0.00620 e. The minimum absolute atomic E-state index is 0.502. The van der Waals surface area contributed by atoms with Crippen molar-refractivity contribution in [1.29, 1.82) is 0 Å². The van der Waals surface area contributed by atoms with Crippen molar-refractivity contribution in [3.63, 3.8) is 0 Å². The van der Waals surface area contributed by atoms with Crippen LogP contribution in [0.1, 0.15) is 33.7 Å². The van der Waals surface area contributed by atoms with Crippen molar-refractivity contribution in [2.45, 2.75) is 25.2 Å². The maximum absolute atomic E-state index is 2.92. The molecule has 0 radical (unpaired) electrons. The predicted octanol–water partition coefficient (Wildman–Crippen LogP) is 6.98. The van der Waals surface area contributed by atoms with E-state index in [1.807, 2.05) is 36.7 Å². The molecule has 0 amide bonds. The molecule has 0 bridgehead atoms. The van der Waals surface area contributed by atoms with E-state index in [-0.39, 0.29) is 0 Å². The van der Waals surface area contributed by atoms with E-state index in [0.29, 0.717) is 5.92 Å². The highest BCUT2D eigenvalue weighted by atomic mass is 14.8. The molecule has 1 heterocycles. The van der Waals surface area contributed by atoms with Crippen molar-refractivity contribution in [2.24, 2.45) is 0 Å². The van der Waals surface area contributed by atoms with Gasteiger partial charge in [0.1, 0.15) is 0 Å². The normalized spacial score (nSPS) is 17.4. The summed E-state index contributed by atoms with van der Waals surface area (Å²) in [7, 11) is 0. The molecule has 1 N–H and O–H groups in total. The minimum Gasteiger partial charge on any atom is -0.368 e. The first-order chi connectivity index (χ1) is 15.4. The molecule has 0 saturated heterocycles.